The Hall–Kier alpha value is -3.70. The maximum atomic E-state index is 13.1. The van der Waals surface area contributed by atoms with Crippen molar-refractivity contribution in [3.05, 3.63) is 99.5 Å². The Kier molecular flexibility index (Phi) is 4.84. The molecule has 3 aromatic carbocycles. The quantitative estimate of drug-likeness (QED) is 0.421. The maximum Gasteiger partial charge on any atom is 0.275 e. The Morgan fingerprint density at radius 3 is 2.45 bits per heavy atom. The summed E-state index contributed by atoms with van der Waals surface area (Å²) in [5.74, 6) is 0. The highest BCUT2D eigenvalue weighted by Crippen LogP contribution is 2.30. The first kappa shape index (κ1) is 19.9. The van der Waals surface area contributed by atoms with E-state index in [-0.39, 0.29) is 5.56 Å². The number of aryl methyl sites for hydroxylation is 2. The van der Waals surface area contributed by atoms with E-state index in [0.29, 0.717) is 18.8 Å². The van der Waals surface area contributed by atoms with Crippen LogP contribution in [-0.2, 0) is 25.9 Å². The van der Waals surface area contributed by atoms with Crippen LogP contribution >= 0.6 is 0 Å². The number of nitrogens with two attached hydrogens (primary N) is 1. The summed E-state index contributed by atoms with van der Waals surface area (Å²) >= 11 is 0. The van der Waals surface area contributed by atoms with Crippen LogP contribution in [0.5, 0.6) is 0 Å². The highest BCUT2D eigenvalue weighted by atomic mass is 16.1. The molecule has 0 bridgehead atoms. The minimum atomic E-state index is -0.145. The van der Waals surface area contributed by atoms with Gasteiger partial charge in [0.15, 0.2) is 0 Å². The van der Waals surface area contributed by atoms with Gasteiger partial charge in [-0.15, -0.1) is 0 Å². The SMILES string of the molecule is NCc1ccc(Cn2cc(-c3nc4cc5c(cc4[nH]c3=O)CCCC5)c3ccccc32)cc1. The summed E-state index contributed by atoms with van der Waals surface area (Å²) in [4.78, 5) is 21.1. The van der Waals surface area contributed by atoms with Crippen molar-refractivity contribution in [2.75, 3.05) is 0 Å². The molecule has 5 heteroatoms. The molecule has 0 saturated carbocycles. The first-order valence-corrected chi connectivity index (χ1v) is 11.6. The van der Waals surface area contributed by atoms with Gasteiger partial charge in [0, 0.05) is 35.8 Å². The zero-order valence-electron chi connectivity index (χ0n) is 18.5. The number of rotatable bonds is 4. The number of hydrogen-bond donors (Lipinski definition) is 2. The summed E-state index contributed by atoms with van der Waals surface area (Å²) in [6.07, 6.45) is 6.65. The molecule has 5 nitrogen and oxygen atoms in total. The summed E-state index contributed by atoms with van der Waals surface area (Å²) in [6, 6.07) is 20.9. The molecule has 0 aliphatic heterocycles. The van der Waals surface area contributed by atoms with Crippen molar-refractivity contribution >= 4 is 21.9 Å². The van der Waals surface area contributed by atoms with Crippen LogP contribution < -0.4 is 11.3 Å². The van der Waals surface area contributed by atoms with Crippen molar-refractivity contribution < 1.29 is 0 Å². The molecule has 1 aliphatic carbocycles. The van der Waals surface area contributed by atoms with E-state index >= 15 is 0 Å². The number of hydrogen-bond acceptors (Lipinski definition) is 3. The van der Waals surface area contributed by atoms with Gasteiger partial charge in [-0.2, -0.15) is 0 Å². The summed E-state index contributed by atoms with van der Waals surface area (Å²) in [5.41, 5.74) is 14.7. The Morgan fingerprint density at radius 2 is 1.67 bits per heavy atom. The third kappa shape index (κ3) is 3.55. The Labute approximate surface area is 191 Å². The number of nitrogens with one attached hydrogen (secondary N) is 1. The molecule has 164 valence electrons. The number of nitrogens with zero attached hydrogens (tertiary/aromatic N) is 2. The smallest absolute Gasteiger partial charge is 0.275 e. The molecule has 0 unspecified atom stereocenters. The van der Waals surface area contributed by atoms with E-state index < -0.39 is 0 Å². The molecule has 2 aromatic heterocycles. The van der Waals surface area contributed by atoms with Crippen LogP contribution in [0.2, 0.25) is 0 Å². The van der Waals surface area contributed by atoms with Gasteiger partial charge in [-0.3, -0.25) is 4.79 Å². The molecular formula is C28H26N4O. The second-order valence-electron chi connectivity index (χ2n) is 8.97. The topological polar surface area (TPSA) is 76.7 Å². The van der Waals surface area contributed by atoms with Gasteiger partial charge in [-0.1, -0.05) is 42.5 Å². The Morgan fingerprint density at radius 1 is 0.939 bits per heavy atom. The van der Waals surface area contributed by atoms with Gasteiger partial charge in [0.05, 0.1) is 11.0 Å². The lowest BCUT2D eigenvalue weighted by Crippen LogP contribution is -2.12. The summed E-state index contributed by atoms with van der Waals surface area (Å²) in [6.45, 7) is 1.25. The molecular weight excluding hydrogens is 408 g/mol. The summed E-state index contributed by atoms with van der Waals surface area (Å²) in [5, 5.41) is 1.03. The number of para-hydroxylation sites is 1. The van der Waals surface area contributed by atoms with E-state index in [2.05, 4.69) is 64.3 Å². The first-order chi connectivity index (χ1) is 16.2. The molecule has 5 aromatic rings. The molecule has 0 saturated heterocycles. The molecule has 3 N–H and O–H groups in total. The first-order valence-electron chi connectivity index (χ1n) is 11.6. The predicted molar refractivity (Wildman–Crippen MR) is 133 cm³/mol. The molecule has 0 radical (unpaired) electrons. The maximum absolute atomic E-state index is 13.1. The fourth-order valence-electron chi connectivity index (χ4n) is 5.04. The molecule has 0 fully saturated rings. The summed E-state index contributed by atoms with van der Waals surface area (Å²) < 4.78 is 2.19. The molecule has 2 heterocycles. The Balaban J connectivity index is 1.48. The largest absolute Gasteiger partial charge is 0.342 e. The van der Waals surface area contributed by atoms with Gasteiger partial charge in [-0.25, -0.2) is 4.98 Å². The molecule has 0 amide bonds. The normalized spacial score (nSPS) is 13.5. The van der Waals surface area contributed by atoms with Crippen LogP contribution in [0.1, 0.15) is 35.1 Å². The number of aromatic amines is 1. The third-order valence-corrected chi connectivity index (χ3v) is 6.81. The van der Waals surface area contributed by atoms with Crippen molar-refractivity contribution in [3.63, 3.8) is 0 Å². The fourth-order valence-corrected chi connectivity index (χ4v) is 5.04. The molecule has 33 heavy (non-hydrogen) atoms. The fraction of sp³-hybridized carbons (Fsp3) is 0.214. The second kappa shape index (κ2) is 8.01. The van der Waals surface area contributed by atoms with Crippen LogP contribution in [0.25, 0.3) is 33.2 Å². The van der Waals surface area contributed by atoms with E-state index in [1.807, 2.05) is 12.1 Å². The lowest BCUT2D eigenvalue weighted by molar-refractivity contribution is 0.686. The highest BCUT2D eigenvalue weighted by molar-refractivity contribution is 5.96. The average Bonchev–Trinajstić information content (AvgIpc) is 3.21. The van der Waals surface area contributed by atoms with Crippen molar-refractivity contribution in [1.29, 1.82) is 0 Å². The van der Waals surface area contributed by atoms with Crippen LogP contribution in [0, 0.1) is 0 Å². The van der Waals surface area contributed by atoms with Gasteiger partial charge >= 0.3 is 0 Å². The average molecular weight is 435 g/mol. The van der Waals surface area contributed by atoms with E-state index in [4.69, 9.17) is 10.7 Å². The number of benzene rings is 3. The van der Waals surface area contributed by atoms with Gasteiger partial charge < -0.3 is 15.3 Å². The van der Waals surface area contributed by atoms with E-state index in [0.717, 1.165) is 45.9 Å². The van der Waals surface area contributed by atoms with Crippen molar-refractivity contribution in [2.45, 2.75) is 38.8 Å². The predicted octanol–water partition coefficient (Wildman–Crippen LogP) is 4.93. The zero-order chi connectivity index (χ0) is 22.4. The second-order valence-corrected chi connectivity index (χ2v) is 8.97. The van der Waals surface area contributed by atoms with E-state index in [1.165, 1.54) is 29.5 Å². The van der Waals surface area contributed by atoms with Crippen LogP contribution in [-0.4, -0.2) is 14.5 Å². The van der Waals surface area contributed by atoms with Gasteiger partial charge in [0.2, 0.25) is 0 Å². The lowest BCUT2D eigenvalue weighted by atomic mass is 9.91. The van der Waals surface area contributed by atoms with Crippen LogP contribution in [0.15, 0.2) is 71.7 Å². The van der Waals surface area contributed by atoms with E-state index in [1.54, 1.807) is 0 Å². The molecule has 1 aliphatic rings. The van der Waals surface area contributed by atoms with Gasteiger partial charge in [0.25, 0.3) is 5.56 Å². The zero-order valence-corrected chi connectivity index (χ0v) is 18.5. The van der Waals surface area contributed by atoms with Crippen LogP contribution in [0.3, 0.4) is 0 Å². The molecule has 0 atom stereocenters. The summed E-state index contributed by atoms with van der Waals surface area (Å²) in [7, 11) is 0. The third-order valence-electron chi connectivity index (χ3n) is 6.81. The lowest BCUT2D eigenvalue weighted by Gasteiger charge is -2.16. The monoisotopic (exact) mass is 434 g/mol. The van der Waals surface area contributed by atoms with Crippen molar-refractivity contribution in [3.8, 4) is 11.3 Å². The van der Waals surface area contributed by atoms with E-state index in [9.17, 15) is 4.79 Å². The molecule has 0 spiro atoms. The highest BCUT2D eigenvalue weighted by Gasteiger charge is 2.17. The Bertz CT molecular complexity index is 1540. The minimum absolute atomic E-state index is 0.145. The van der Waals surface area contributed by atoms with Gasteiger partial charge in [0.1, 0.15) is 5.69 Å². The molecule has 6 rings (SSSR count). The van der Waals surface area contributed by atoms with Crippen molar-refractivity contribution in [1.82, 2.24) is 14.5 Å². The minimum Gasteiger partial charge on any atom is -0.342 e. The number of fused-ring (bicyclic) bond motifs is 3. The standard InChI is InChI=1S/C28H26N4O/c29-15-18-9-11-19(12-10-18)16-32-17-23(22-7-3-4-8-26(22)32)27-28(33)31-25-14-21-6-2-1-5-20(21)13-24(25)30-27/h3-4,7-14,17H,1-2,5-6,15-16,29H2,(H,31,33). The number of H-pyrrole nitrogens is 1. The van der Waals surface area contributed by atoms with Gasteiger partial charge in [-0.05, 0) is 66.1 Å². The van der Waals surface area contributed by atoms with Crippen molar-refractivity contribution in [2.24, 2.45) is 5.73 Å². The van der Waals surface area contributed by atoms with Crippen LogP contribution in [0.4, 0.5) is 0 Å². The number of aromatic nitrogens is 3.